The lowest BCUT2D eigenvalue weighted by molar-refractivity contribution is -0.120. The Kier molecular flexibility index (Phi) is 2.95. The van der Waals surface area contributed by atoms with E-state index in [-0.39, 0.29) is 11.9 Å². The third-order valence-corrected chi connectivity index (χ3v) is 2.48. The molecule has 0 aliphatic rings. The summed E-state index contributed by atoms with van der Waals surface area (Å²) >= 11 is 0. The summed E-state index contributed by atoms with van der Waals surface area (Å²) in [6, 6.07) is 8.21. The lowest BCUT2D eigenvalue weighted by atomic mass is 10.1. The molecule has 1 amide bonds. The van der Waals surface area contributed by atoms with Crippen LogP contribution < -0.4 is 5.32 Å². The van der Waals surface area contributed by atoms with Crippen molar-refractivity contribution in [1.29, 1.82) is 0 Å². The van der Waals surface area contributed by atoms with Crippen LogP contribution in [0.1, 0.15) is 19.4 Å². The van der Waals surface area contributed by atoms with Crippen LogP contribution in [0, 0.1) is 0 Å². The van der Waals surface area contributed by atoms with Gasteiger partial charge in [0, 0.05) is 23.1 Å². The van der Waals surface area contributed by atoms with Crippen molar-refractivity contribution in [1.82, 2.24) is 10.3 Å². The van der Waals surface area contributed by atoms with E-state index in [4.69, 9.17) is 0 Å². The number of rotatable bonds is 3. The standard InChI is InChI=1S/C13H16N2O/c1-9(2)15-13(16)7-10-8-14-12-6-4-3-5-11(10)12/h3-6,8-9,14H,7H2,1-2H3,(H,15,16). The summed E-state index contributed by atoms with van der Waals surface area (Å²) in [5, 5.41) is 4.02. The summed E-state index contributed by atoms with van der Waals surface area (Å²) in [4.78, 5) is 14.8. The van der Waals surface area contributed by atoms with Gasteiger partial charge in [0.1, 0.15) is 0 Å². The summed E-state index contributed by atoms with van der Waals surface area (Å²) < 4.78 is 0. The monoisotopic (exact) mass is 216 g/mol. The zero-order chi connectivity index (χ0) is 11.5. The maximum atomic E-state index is 11.6. The highest BCUT2D eigenvalue weighted by atomic mass is 16.1. The summed E-state index contributed by atoms with van der Waals surface area (Å²) in [7, 11) is 0. The van der Waals surface area contributed by atoms with Gasteiger partial charge in [-0.2, -0.15) is 0 Å². The quantitative estimate of drug-likeness (QED) is 0.812. The third-order valence-electron chi connectivity index (χ3n) is 2.48. The minimum absolute atomic E-state index is 0.0692. The first-order valence-electron chi connectivity index (χ1n) is 5.51. The number of para-hydroxylation sites is 1. The Bertz CT molecular complexity index is 499. The van der Waals surface area contributed by atoms with E-state index in [1.807, 2.05) is 44.3 Å². The Morgan fingerprint density at radius 2 is 2.12 bits per heavy atom. The zero-order valence-electron chi connectivity index (χ0n) is 9.58. The van der Waals surface area contributed by atoms with Gasteiger partial charge in [0.25, 0.3) is 0 Å². The molecule has 2 rings (SSSR count). The highest BCUT2D eigenvalue weighted by Gasteiger charge is 2.08. The highest BCUT2D eigenvalue weighted by molar-refractivity contribution is 5.88. The van der Waals surface area contributed by atoms with E-state index in [9.17, 15) is 4.79 Å². The maximum Gasteiger partial charge on any atom is 0.224 e. The molecule has 0 radical (unpaired) electrons. The number of aromatic nitrogens is 1. The zero-order valence-corrected chi connectivity index (χ0v) is 9.58. The molecule has 2 aromatic rings. The first-order chi connectivity index (χ1) is 7.66. The van der Waals surface area contributed by atoms with Gasteiger partial charge in [0.15, 0.2) is 0 Å². The molecule has 2 N–H and O–H groups in total. The molecule has 0 aliphatic carbocycles. The van der Waals surface area contributed by atoms with Crippen molar-refractivity contribution in [3.05, 3.63) is 36.0 Å². The fourth-order valence-electron chi connectivity index (χ4n) is 1.82. The van der Waals surface area contributed by atoms with Crippen LogP contribution in [0.15, 0.2) is 30.5 Å². The summed E-state index contributed by atoms with van der Waals surface area (Å²) in [6.45, 7) is 3.93. The molecule has 1 aromatic carbocycles. The van der Waals surface area contributed by atoms with Crippen molar-refractivity contribution in [2.75, 3.05) is 0 Å². The molecule has 0 fully saturated rings. The van der Waals surface area contributed by atoms with Gasteiger partial charge in [0.2, 0.25) is 5.91 Å². The summed E-state index contributed by atoms with van der Waals surface area (Å²) in [5.74, 6) is 0.0692. The van der Waals surface area contributed by atoms with E-state index < -0.39 is 0 Å². The number of hydrogen-bond acceptors (Lipinski definition) is 1. The number of benzene rings is 1. The summed E-state index contributed by atoms with van der Waals surface area (Å²) in [6.07, 6.45) is 2.34. The first kappa shape index (κ1) is 10.7. The highest BCUT2D eigenvalue weighted by Crippen LogP contribution is 2.17. The van der Waals surface area contributed by atoms with Gasteiger partial charge in [-0.25, -0.2) is 0 Å². The van der Waals surface area contributed by atoms with Crippen LogP contribution in [0.4, 0.5) is 0 Å². The van der Waals surface area contributed by atoms with E-state index in [0.29, 0.717) is 6.42 Å². The van der Waals surface area contributed by atoms with E-state index in [1.165, 1.54) is 0 Å². The molecule has 0 bridgehead atoms. The van der Waals surface area contributed by atoms with Gasteiger partial charge in [-0.3, -0.25) is 4.79 Å². The molecule has 0 spiro atoms. The van der Waals surface area contributed by atoms with Gasteiger partial charge in [-0.15, -0.1) is 0 Å². The van der Waals surface area contributed by atoms with Crippen molar-refractivity contribution in [2.45, 2.75) is 26.3 Å². The third kappa shape index (κ3) is 2.24. The molecular weight excluding hydrogens is 200 g/mol. The number of H-pyrrole nitrogens is 1. The van der Waals surface area contributed by atoms with Crippen LogP contribution in [0.25, 0.3) is 10.9 Å². The number of hydrogen-bond donors (Lipinski definition) is 2. The minimum Gasteiger partial charge on any atom is -0.361 e. The van der Waals surface area contributed by atoms with Crippen LogP contribution in [-0.2, 0) is 11.2 Å². The SMILES string of the molecule is CC(C)NC(=O)Cc1c[nH]c2ccccc12. The fraction of sp³-hybridized carbons (Fsp3) is 0.308. The molecule has 0 unspecified atom stereocenters. The van der Waals surface area contributed by atoms with E-state index in [1.54, 1.807) is 0 Å². The minimum atomic E-state index is 0.0692. The first-order valence-corrected chi connectivity index (χ1v) is 5.51. The number of aromatic amines is 1. The smallest absolute Gasteiger partial charge is 0.224 e. The topological polar surface area (TPSA) is 44.9 Å². The van der Waals surface area contributed by atoms with Crippen molar-refractivity contribution in [2.24, 2.45) is 0 Å². The predicted molar refractivity (Wildman–Crippen MR) is 65.3 cm³/mol. The molecule has 0 atom stereocenters. The van der Waals surface area contributed by atoms with Gasteiger partial charge in [-0.05, 0) is 25.5 Å². The summed E-state index contributed by atoms with van der Waals surface area (Å²) in [5.41, 5.74) is 2.13. The predicted octanol–water partition coefficient (Wildman–Crippen LogP) is 2.23. The van der Waals surface area contributed by atoms with Crippen LogP contribution in [0.2, 0.25) is 0 Å². The number of nitrogens with one attached hydrogen (secondary N) is 2. The van der Waals surface area contributed by atoms with Gasteiger partial charge in [0.05, 0.1) is 6.42 Å². The molecule has 1 aromatic heterocycles. The van der Waals surface area contributed by atoms with E-state index in [0.717, 1.165) is 16.5 Å². The van der Waals surface area contributed by atoms with Crippen molar-refractivity contribution < 1.29 is 4.79 Å². The van der Waals surface area contributed by atoms with E-state index in [2.05, 4.69) is 10.3 Å². The number of amides is 1. The van der Waals surface area contributed by atoms with Crippen LogP contribution in [0.3, 0.4) is 0 Å². The Morgan fingerprint density at radius 3 is 2.88 bits per heavy atom. The Labute approximate surface area is 94.9 Å². The number of carbonyl (C=O) groups excluding carboxylic acids is 1. The molecule has 3 heteroatoms. The maximum absolute atomic E-state index is 11.6. The largest absolute Gasteiger partial charge is 0.361 e. The van der Waals surface area contributed by atoms with Gasteiger partial charge < -0.3 is 10.3 Å². The second kappa shape index (κ2) is 4.39. The molecular formula is C13H16N2O. The molecule has 0 saturated heterocycles. The van der Waals surface area contributed by atoms with Crippen molar-refractivity contribution >= 4 is 16.8 Å². The lowest BCUT2D eigenvalue weighted by Crippen LogP contribution is -2.31. The average Bonchev–Trinajstić information content (AvgIpc) is 2.61. The Balaban J connectivity index is 2.18. The van der Waals surface area contributed by atoms with Crippen LogP contribution >= 0.6 is 0 Å². The molecule has 0 saturated carbocycles. The molecule has 84 valence electrons. The van der Waals surface area contributed by atoms with Gasteiger partial charge in [-0.1, -0.05) is 18.2 Å². The molecule has 1 heterocycles. The Hall–Kier alpha value is -1.77. The van der Waals surface area contributed by atoms with Crippen molar-refractivity contribution in [3.63, 3.8) is 0 Å². The fourth-order valence-corrected chi connectivity index (χ4v) is 1.82. The van der Waals surface area contributed by atoms with Crippen molar-refractivity contribution in [3.8, 4) is 0 Å². The van der Waals surface area contributed by atoms with Gasteiger partial charge >= 0.3 is 0 Å². The van der Waals surface area contributed by atoms with Crippen LogP contribution in [-0.4, -0.2) is 16.9 Å². The van der Waals surface area contributed by atoms with E-state index >= 15 is 0 Å². The molecule has 16 heavy (non-hydrogen) atoms. The normalized spacial score (nSPS) is 10.9. The molecule has 0 aliphatic heterocycles. The second-order valence-electron chi connectivity index (χ2n) is 4.26. The number of fused-ring (bicyclic) bond motifs is 1. The number of carbonyl (C=O) groups is 1. The molecule has 3 nitrogen and oxygen atoms in total. The second-order valence-corrected chi connectivity index (χ2v) is 4.26. The van der Waals surface area contributed by atoms with Crippen LogP contribution in [0.5, 0.6) is 0 Å². The lowest BCUT2D eigenvalue weighted by Gasteiger charge is -2.07. The Morgan fingerprint density at radius 1 is 1.38 bits per heavy atom. The average molecular weight is 216 g/mol.